The number of halogens is 2. The lowest BCUT2D eigenvalue weighted by molar-refractivity contribution is -0.142. The minimum atomic E-state index is -0.646. The van der Waals surface area contributed by atoms with E-state index >= 15 is 0 Å². The third-order valence-electron chi connectivity index (χ3n) is 6.21. The lowest BCUT2D eigenvalue weighted by atomic mass is 9.87. The molecule has 2 aromatic carbocycles. The Labute approximate surface area is 213 Å². The quantitative estimate of drug-likeness (QED) is 0.290. The number of methoxy groups -OCH3 is 2. The second-order valence-electron chi connectivity index (χ2n) is 8.29. The zero-order valence-electron chi connectivity index (χ0n) is 19.9. The molecule has 2 aromatic rings. The van der Waals surface area contributed by atoms with Crippen LogP contribution in [0.5, 0.6) is 17.2 Å². The number of carbonyl (C=O) groups excluding carboxylic acids is 3. The van der Waals surface area contributed by atoms with Crippen LogP contribution in [0.1, 0.15) is 52.0 Å². The van der Waals surface area contributed by atoms with Gasteiger partial charge in [0.25, 0.3) is 0 Å². The smallest absolute Gasteiger partial charge is 0.302 e. The number of ether oxygens (including phenoxy) is 3. The molecule has 1 heterocycles. The Morgan fingerprint density at radius 2 is 1.80 bits per heavy atom. The number of hydrogen-bond donors (Lipinski definition) is 1. The molecule has 0 bridgehead atoms. The Morgan fingerprint density at radius 1 is 1.11 bits per heavy atom. The van der Waals surface area contributed by atoms with Crippen LogP contribution in [0.25, 0.3) is 0 Å². The molecule has 2 atom stereocenters. The summed E-state index contributed by atoms with van der Waals surface area (Å²) in [7, 11) is 4.69. The van der Waals surface area contributed by atoms with Crippen molar-refractivity contribution in [3.05, 3.63) is 51.0 Å². The monoisotopic (exact) mass is 523 g/mol. The predicted octanol–water partition coefficient (Wildman–Crippen LogP) is 4.52. The average molecular weight is 524 g/mol. The van der Waals surface area contributed by atoms with E-state index in [1.807, 2.05) is 11.9 Å². The summed E-state index contributed by atoms with van der Waals surface area (Å²) in [5, 5.41) is 11.6. The second-order valence-corrected chi connectivity index (χ2v) is 9.07. The maximum atomic E-state index is 13.3. The van der Waals surface area contributed by atoms with Gasteiger partial charge < -0.3 is 19.3 Å². The zero-order valence-corrected chi connectivity index (χ0v) is 21.4. The number of rotatable bonds is 9. The fraction of sp³-hybridized carbons (Fsp3) is 0.400. The standard InChI is InChI=1S/C25H27Cl2NO7/c1-13(29)35-12-17-14(8-9-28(17)2)22-20(33-3)11-21(34-4)23(25(22)32)19(31)10-18(30)15-6-5-7-16(26)24(15)27/h5-7,11,14,17,32H,8-10,12H2,1-4H3. The van der Waals surface area contributed by atoms with E-state index < -0.39 is 24.0 Å². The number of esters is 1. The summed E-state index contributed by atoms with van der Waals surface area (Å²) in [6.07, 6.45) is 0.0700. The first kappa shape index (κ1) is 26.8. The fourth-order valence-corrected chi connectivity index (χ4v) is 4.84. The number of carbonyl (C=O) groups is 3. The number of aromatic hydroxyl groups is 1. The zero-order chi connectivity index (χ0) is 25.9. The predicted molar refractivity (Wildman–Crippen MR) is 131 cm³/mol. The molecule has 188 valence electrons. The van der Waals surface area contributed by atoms with Crippen molar-refractivity contribution in [3.8, 4) is 17.2 Å². The van der Waals surface area contributed by atoms with Gasteiger partial charge in [-0.25, -0.2) is 0 Å². The van der Waals surface area contributed by atoms with Crippen LogP contribution in [-0.2, 0) is 9.53 Å². The summed E-state index contributed by atoms with van der Waals surface area (Å²) in [5.74, 6) is -1.84. The highest BCUT2D eigenvalue weighted by atomic mass is 35.5. The van der Waals surface area contributed by atoms with Gasteiger partial charge in [-0.1, -0.05) is 29.3 Å². The van der Waals surface area contributed by atoms with Crippen LogP contribution in [0.4, 0.5) is 0 Å². The molecule has 0 aromatic heterocycles. The molecule has 1 aliphatic rings. The number of phenols is 1. The van der Waals surface area contributed by atoms with Crippen LogP contribution < -0.4 is 9.47 Å². The van der Waals surface area contributed by atoms with E-state index in [4.69, 9.17) is 37.4 Å². The molecule has 2 unspecified atom stereocenters. The van der Waals surface area contributed by atoms with E-state index in [0.717, 1.165) is 0 Å². The molecule has 10 heteroatoms. The van der Waals surface area contributed by atoms with Crippen molar-refractivity contribution in [1.29, 1.82) is 0 Å². The van der Waals surface area contributed by atoms with Gasteiger partial charge in [0.05, 0.1) is 36.7 Å². The lowest BCUT2D eigenvalue weighted by Crippen LogP contribution is -2.34. The van der Waals surface area contributed by atoms with Gasteiger partial charge in [-0.2, -0.15) is 0 Å². The summed E-state index contributed by atoms with van der Waals surface area (Å²) < 4.78 is 16.1. The Balaban J connectivity index is 2.03. The highest BCUT2D eigenvalue weighted by Gasteiger charge is 2.39. The molecule has 1 fully saturated rings. The maximum Gasteiger partial charge on any atom is 0.302 e. The van der Waals surface area contributed by atoms with E-state index in [-0.39, 0.29) is 51.2 Å². The van der Waals surface area contributed by atoms with Gasteiger partial charge in [-0.3, -0.25) is 19.3 Å². The minimum Gasteiger partial charge on any atom is -0.507 e. The van der Waals surface area contributed by atoms with Crippen molar-refractivity contribution in [2.24, 2.45) is 0 Å². The summed E-state index contributed by atoms with van der Waals surface area (Å²) in [4.78, 5) is 39.6. The van der Waals surface area contributed by atoms with E-state index in [1.165, 1.54) is 39.3 Å². The first-order valence-electron chi connectivity index (χ1n) is 10.9. The van der Waals surface area contributed by atoms with Crippen molar-refractivity contribution in [3.63, 3.8) is 0 Å². The molecule has 0 spiro atoms. The number of likely N-dealkylation sites (N-methyl/N-ethyl adjacent to an activating group) is 1. The van der Waals surface area contributed by atoms with Gasteiger partial charge in [-0.15, -0.1) is 0 Å². The summed E-state index contributed by atoms with van der Waals surface area (Å²) in [5.41, 5.74) is 0.376. The Hall–Kier alpha value is -2.81. The fourth-order valence-electron chi connectivity index (χ4n) is 4.43. The number of phenolic OH excluding ortho intramolecular Hbond substituents is 1. The van der Waals surface area contributed by atoms with Gasteiger partial charge in [0.15, 0.2) is 11.6 Å². The van der Waals surface area contributed by atoms with Gasteiger partial charge in [-0.05, 0) is 32.1 Å². The van der Waals surface area contributed by atoms with E-state index in [9.17, 15) is 19.5 Å². The van der Waals surface area contributed by atoms with E-state index in [1.54, 1.807) is 6.07 Å². The number of hydrogen-bond acceptors (Lipinski definition) is 8. The summed E-state index contributed by atoms with van der Waals surface area (Å²) in [6.45, 7) is 2.12. The number of benzene rings is 2. The molecule has 3 rings (SSSR count). The van der Waals surface area contributed by atoms with Gasteiger partial charge in [0, 0.05) is 30.0 Å². The number of likely N-dealkylation sites (tertiary alicyclic amines) is 1. The normalized spacial score (nSPS) is 17.8. The van der Waals surface area contributed by atoms with Crippen LogP contribution in [-0.4, -0.2) is 68.0 Å². The molecule has 0 saturated carbocycles. The largest absolute Gasteiger partial charge is 0.507 e. The molecular weight excluding hydrogens is 497 g/mol. The number of Topliss-reactive ketones (excluding diaryl/α,β-unsaturated/α-hetero) is 2. The van der Waals surface area contributed by atoms with Crippen LogP contribution in [0.2, 0.25) is 10.0 Å². The third kappa shape index (κ3) is 5.55. The molecule has 1 N–H and O–H groups in total. The number of nitrogens with zero attached hydrogens (tertiary/aromatic N) is 1. The number of ketones is 2. The molecule has 0 amide bonds. The SMILES string of the molecule is COc1cc(OC)c(C2CCN(C)C2COC(C)=O)c(O)c1C(=O)CC(=O)c1cccc(Cl)c1Cl. The van der Waals surface area contributed by atoms with Crippen LogP contribution in [0.15, 0.2) is 24.3 Å². The third-order valence-corrected chi connectivity index (χ3v) is 7.03. The van der Waals surface area contributed by atoms with Crippen LogP contribution in [0, 0.1) is 0 Å². The van der Waals surface area contributed by atoms with Gasteiger partial charge in [0.2, 0.25) is 0 Å². The Kier molecular flexibility index (Phi) is 8.64. The first-order chi connectivity index (χ1) is 16.6. The van der Waals surface area contributed by atoms with Crippen molar-refractivity contribution in [1.82, 2.24) is 4.90 Å². The van der Waals surface area contributed by atoms with Gasteiger partial charge in [0.1, 0.15) is 29.4 Å². The lowest BCUT2D eigenvalue weighted by Gasteiger charge is -2.27. The summed E-state index contributed by atoms with van der Waals surface area (Å²) >= 11 is 12.1. The van der Waals surface area contributed by atoms with E-state index in [0.29, 0.717) is 24.3 Å². The molecule has 1 aliphatic heterocycles. The Bertz CT molecular complexity index is 1150. The van der Waals surface area contributed by atoms with Crippen LogP contribution >= 0.6 is 23.2 Å². The average Bonchev–Trinajstić information content (AvgIpc) is 3.17. The Morgan fingerprint density at radius 3 is 2.43 bits per heavy atom. The molecular formula is C25H27Cl2NO7. The van der Waals surface area contributed by atoms with Gasteiger partial charge >= 0.3 is 5.97 Å². The van der Waals surface area contributed by atoms with Crippen molar-refractivity contribution >= 4 is 40.7 Å². The topological polar surface area (TPSA) is 102 Å². The van der Waals surface area contributed by atoms with Crippen molar-refractivity contribution in [2.75, 3.05) is 34.4 Å². The second kappa shape index (κ2) is 11.3. The highest BCUT2D eigenvalue weighted by Crippen LogP contribution is 2.47. The molecule has 1 saturated heterocycles. The first-order valence-corrected chi connectivity index (χ1v) is 11.7. The minimum absolute atomic E-state index is 0.0564. The van der Waals surface area contributed by atoms with Crippen LogP contribution in [0.3, 0.4) is 0 Å². The molecule has 8 nitrogen and oxygen atoms in total. The molecule has 35 heavy (non-hydrogen) atoms. The van der Waals surface area contributed by atoms with Crippen molar-refractivity contribution in [2.45, 2.75) is 31.7 Å². The summed E-state index contributed by atoms with van der Waals surface area (Å²) in [6, 6.07) is 5.85. The molecule has 0 radical (unpaired) electrons. The van der Waals surface area contributed by atoms with Crippen molar-refractivity contribution < 1.29 is 33.7 Å². The molecule has 0 aliphatic carbocycles. The maximum absolute atomic E-state index is 13.3. The highest BCUT2D eigenvalue weighted by molar-refractivity contribution is 6.44. The van der Waals surface area contributed by atoms with E-state index in [2.05, 4.69) is 0 Å².